The van der Waals surface area contributed by atoms with Crippen LogP contribution in [0, 0.1) is 0 Å². The molecule has 1 saturated heterocycles. The number of ether oxygens (including phenoxy) is 2. The summed E-state index contributed by atoms with van der Waals surface area (Å²) in [6.45, 7) is 8.09. The minimum atomic E-state index is -0.245. The van der Waals surface area contributed by atoms with E-state index in [0.717, 1.165) is 50.2 Å². The Morgan fingerprint density at radius 2 is 1.80 bits per heavy atom. The smallest absolute Gasteiger partial charge is 0.224 e. The first-order chi connectivity index (χ1) is 14.4. The van der Waals surface area contributed by atoms with Gasteiger partial charge in [-0.05, 0) is 54.0 Å². The molecule has 2 aliphatic heterocycles. The molecule has 1 N–H and O–H groups in total. The zero-order chi connectivity index (χ0) is 21.1. The third kappa shape index (κ3) is 5.04. The summed E-state index contributed by atoms with van der Waals surface area (Å²) in [5.74, 6) is 1.59. The van der Waals surface area contributed by atoms with E-state index in [2.05, 4.69) is 56.4 Å². The number of fused-ring (bicyclic) bond motifs is 1. The Morgan fingerprint density at radius 3 is 2.50 bits per heavy atom. The lowest BCUT2D eigenvalue weighted by Crippen LogP contribution is -2.39. The van der Waals surface area contributed by atoms with Crippen molar-refractivity contribution in [2.45, 2.75) is 70.4 Å². The molecule has 0 spiro atoms. The second-order valence-electron chi connectivity index (χ2n) is 9.37. The highest BCUT2D eigenvalue weighted by molar-refractivity contribution is 5.79. The number of carbonyl (C=O) groups excluding carboxylic acids is 1. The van der Waals surface area contributed by atoms with Crippen molar-refractivity contribution in [1.82, 2.24) is 5.32 Å². The third-order valence-electron chi connectivity index (χ3n) is 6.22. The first kappa shape index (κ1) is 20.9. The Labute approximate surface area is 180 Å². The maximum atomic E-state index is 12.4. The number of hydrogen-bond acceptors (Lipinski definition) is 3. The summed E-state index contributed by atoms with van der Waals surface area (Å²) in [5, 5.41) is 3.15. The molecule has 1 atom stereocenters. The summed E-state index contributed by atoms with van der Waals surface area (Å²) in [5.41, 5.74) is 4.67. The van der Waals surface area contributed by atoms with E-state index in [1.54, 1.807) is 0 Å². The van der Waals surface area contributed by atoms with E-state index in [1.807, 2.05) is 12.1 Å². The molecular formula is C26H33NO3. The van der Waals surface area contributed by atoms with Gasteiger partial charge in [0, 0.05) is 32.1 Å². The second kappa shape index (κ2) is 8.81. The van der Waals surface area contributed by atoms with Crippen molar-refractivity contribution in [3.05, 3.63) is 64.7 Å². The molecule has 2 aromatic carbocycles. The molecule has 4 heteroatoms. The van der Waals surface area contributed by atoms with Crippen molar-refractivity contribution >= 4 is 5.91 Å². The number of hydrogen-bond donors (Lipinski definition) is 1. The highest BCUT2D eigenvalue weighted by Crippen LogP contribution is 2.37. The van der Waals surface area contributed by atoms with Crippen LogP contribution in [-0.2, 0) is 28.8 Å². The molecule has 0 aliphatic carbocycles. The maximum absolute atomic E-state index is 12.4. The van der Waals surface area contributed by atoms with Crippen molar-refractivity contribution in [2.24, 2.45) is 0 Å². The van der Waals surface area contributed by atoms with Gasteiger partial charge in [-0.1, -0.05) is 50.2 Å². The largest absolute Gasteiger partial charge is 0.487 e. The van der Waals surface area contributed by atoms with Gasteiger partial charge in [-0.3, -0.25) is 4.79 Å². The van der Waals surface area contributed by atoms with Gasteiger partial charge in [0.15, 0.2) is 0 Å². The van der Waals surface area contributed by atoms with Gasteiger partial charge < -0.3 is 14.8 Å². The van der Waals surface area contributed by atoms with Crippen molar-refractivity contribution < 1.29 is 14.3 Å². The molecule has 2 aromatic rings. The monoisotopic (exact) mass is 407 g/mol. The van der Waals surface area contributed by atoms with Crippen LogP contribution in [0.2, 0.25) is 0 Å². The molecule has 0 saturated carbocycles. The van der Waals surface area contributed by atoms with E-state index < -0.39 is 0 Å². The summed E-state index contributed by atoms with van der Waals surface area (Å²) >= 11 is 0. The van der Waals surface area contributed by atoms with Crippen LogP contribution in [-0.4, -0.2) is 30.8 Å². The molecular weight excluding hydrogens is 374 g/mol. The van der Waals surface area contributed by atoms with Crippen LogP contribution in [0.15, 0.2) is 42.5 Å². The molecule has 0 bridgehead atoms. The van der Waals surface area contributed by atoms with Crippen molar-refractivity contribution in [3.8, 4) is 5.75 Å². The Hall–Kier alpha value is -2.33. The minimum absolute atomic E-state index is 0.0915. The summed E-state index contributed by atoms with van der Waals surface area (Å²) in [7, 11) is 0. The normalized spacial score (nSPS) is 21.3. The van der Waals surface area contributed by atoms with Crippen LogP contribution >= 0.6 is 0 Å². The quantitative estimate of drug-likeness (QED) is 0.762. The Morgan fingerprint density at radius 1 is 1.10 bits per heavy atom. The van der Waals surface area contributed by atoms with Gasteiger partial charge in [-0.15, -0.1) is 0 Å². The predicted molar refractivity (Wildman–Crippen MR) is 119 cm³/mol. The van der Waals surface area contributed by atoms with Crippen LogP contribution < -0.4 is 10.1 Å². The van der Waals surface area contributed by atoms with E-state index in [1.165, 1.54) is 16.7 Å². The van der Waals surface area contributed by atoms with E-state index in [9.17, 15) is 4.79 Å². The van der Waals surface area contributed by atoms with Crippen molar-refractivity contribution in [2.75, 3.05) is 13.2 Å². The zero-order valence-corrected chi connectivity index (χ0v) is 18.4. The van der Waals surface area contributed by atoms with Gasteiger partial charge in [0.05, 0.1) is 6.42 Å². The molecule has 1 fully saturated rings. The fraction of sp³-hybridized carbons (Fsp3) is 0.500. The molecule has 0 aromatic heterocycles. The van der Waals surface area contributed by atoms with Crippen LogP contribution in [0.3, 0.4) is 0 Å². The fourth-order valence-electron chi connectivity index (χ4n) is 4.54. The van der Waals surface area contributed by atoms with E-state index in [4.69, 9.17) is 9.47 Å². The van der Waals surface area contributed by atoms with Crippen molar-refractivity contribution in [3.63, 3.8) is 0 Å². The topological polar surface area (TPSA) is 47.6 Å². The lowest BCUT2D eigenvalue weighted by atomic mass is 9.90. The lowest BCUT2D eigenvalue weighted by Gasteiger charge is -2.24. The van der Waals surface area contributed by atoms with Crippen molar-refractivity contribution in [1.29, 1.82) is 0 Å². The maximum Gasteiger partial charge on any atom is 0.224 e. The Balaban J connectivity index is 1.37. The minimum Gasteiger partial charge on any atom is -0.487 e. The van der Waals surface area contributed by atoms with Gasteiger partial charge in [0.2, 0.25) is 5.91 Å². The molecule has 0 radical (unpaired) electrons. The first-order valence-corrected chi connectivity index (χ1v) is 11.2. The summed E-state index contributed by atoms with van der Waals surface area (Å²) < 4.78 is 11.7. The van der Waals surface area contributed by atoms with Gasteiger partial charge >= 0.3 is 0 Å². The zero-order valence-electron chi connectivity index (χ0n) is 18.4. The van der Waals surface area contributed by atoms with E-state index >= 15 is 0 Å². The molecule has 30 heavy (non-hydrogen) atoms. The third-order valence-corrected chi connectivity index (χ3v) is 6.22. The van der Waals surface area contributed by atoms with E-state index in [-0.39, 0.29) is 17.6 Å². The second-order valence-corrected chi connectivity index (χ2v) is 9.37. The number of amides is 1. The van der Waals surface area contributed by atoms with Gasteiger partial charge in [-0.25, -0.2) is 0 Å². The standard InChI is InChI=1S/C26H33NO3/c1-18(2)21-7-4-19(5-8-21)16-26(3)17-22-14-20(6-9-24(22)30-26)15-25(28)27-23-10-12-29-13-11-23/h4-9,14,18,23H,10-13,15-17H2,1-3H3,(H,27,28)/t26-/m1/s1. The Bertz CT molecular complexity index is 884. The highest BCUT2D eigenvalue weighted by atomic mass is 16.5. The summed E-state index contributed by atoms with van der Waals surface area (Å²) in [6, 6.07) is 15.3. The lowest BCUT2D eigenvalue weighted by molar-refractivity contribution is -0.121. The molecule has 2 aliphatic rings. The van der Waals surface area contributed by atoms with Crippen LogP contribution in [0.1, 0.15) is 61.8 Å². The number of carbonyl (C=O) groups is 1. The Kier molecular flexibility index (Phi) is 6.14. The summed E-state index contributed by atoms with van der Waals surface area (Å²) in [4.78, 5) is 12.4. The first-order valence-electron chi connectivity index (χ1n) is 11.2. The number of nitrogens with one attached hydrogen (secondary N) is 1. The predicted octanol–water partition coefficient (Wildman–Crippen LogP) is 4.58. The highest BCUT2D eigenvalue weighted by Gasteiger charge is 2.35. The molecule has 4 nitrogen and oxygen atoms in total. The van der Waals surface area contributed by atoms with Gasteiger partial charge in [-0.2, -0.15) is 0 Å². The van der Waals surface area contributed by atoms with E-state index in [0.29, 0.717) is 12.3 Å². The molecule has 160 valence electrons. The van der Waals surface area contributed by atoms with Crippen LogP contribution in [0.4, 0.5) is 0 Å². The number of rotatable bonds is 6. The molecule has 4 rings (SSSR count). The van der Waals surface area contributed by atoms with Crippen LogP contribution in [0.5, 0.6) is 5.75 Å². The molecule has 2 heterocycles. The molecule has 1 amide bonds. The van der Waals surface area contributed by atoms with Gasteiger partial charge in [0.25, 0.3) is 0 Å². The average molecular weight is 408 g/mol. The van der Waals surface area contributed by atoms with Gasteiger partial charge in [0.1, 0.15) is 11.4 Å². The number of benzene rings is 2. The summed E-state index contributed by atoms with van der Waals surface area (Å²) in [6.07, 6.45) is 3.96. The fourth-order valence-corrected chi connectivity index (χ4v) is 4.54. The SMILES string of the molecule is CC(C)c1ccc(C[C@]2(C)Cc3cc(CC(=O)NC4CCOCC4)ccc3O2)cc1. The van der Waals surface area contributed by atoms with Crippen LogP contribution in [0.25, 0.3) is 0 Å². The average Bonchev–Trinajstić information content (AvgIpc) is 3.04. The molecule has 0 unspecified atom stereocenters.